The van der Waals surface area contributed by atoms with Gasteiger partial charge in [0.2, 0.25) is 11.5 Å². The largest absolute Gasteiger partial charge is 0.416 e. The first kappa shape index (κ1) is 30.9. The van der Waals surface area contributed by atoms with Crippen LogP contribution in [0.3, 0.4) is 0 Å². The maximum atomic E-state index is 13.6. The number of hydrogen-bond donors (Lipinski definition) is 1. The van der Waals surface area contributed by atoms with Crippen molar-refractivity contribution in [2.24, 2.45) is 0 Å². The number of ketones is 1. The molecule has 15 heteroatoms. The first-order valence-corrected chi connectivity index (χ1v) is 13.1. The number of rotatable bonds is 7. The van der Waals surface area contributed by atoms with Gasteiger partial charge in [-0.3, -0.25) is 9.78 Å². The highest BCUT2D eigenvalue weighted by Gasteiger charge is 2.38. The van der Waals surface area contributed by atoms with E-state index in [1.165, 1.54) is 50.5 Å². The van der Waals surface area contributed by atoms with Gasteiger partial charge in [-0.25, -0.2) is 4.68 Å². The molecular weight excluding hydrogens is 616 g/mol. The van der Waals surface area contributed by atoms with Crippen molar-refractivity contribution in [3.63, 3.8) is 0 Å². The van der Waals surface area contributed by atoms with E-state index in [-0.39, 0.29) is 50.6 Å². The number of nitrogens with zero attached hydrogens (tertiary/aromatic N) is 5. The average molecular weight is 636 g/mol. The van der Waals surface area contributed by atoms with Crippen LogP contribution >= 0.6 is 11.6 Å². The summed E-state index contributed by atoms with van der Waals surface area (Å²) in [6, 6.07) is 10.3. The Labute approximate surface area is 249 Å². The van der Waals surface area contributed by atoms with E-state index in [9.17, 15) is 36.2 Å². The maximum absolute atomic E-state index is 13.6. The van der Waals surface area contributed by atoms with Crippen LogP contribution in [-0.2, 0) is 24.5 Å². The molecule has 3 aromatic heterocycles. The maximum Gasteiger partial charge on any atom is 0.416 e. The Hall–Kier alpha value is -4.56. The highest BCUT2D eigenvalue weighted by molar-refractivity contribution is 6.35. The zero-order valence-electron chi connectivity index (χ0n) is 22.7. The second-order valence-electron chi connectivity index (χ2n) is 10.2. The van der Waals surface area contributed by atoms with Crippen LogP contribution in [0.5, 0.6) is 0 Å². The molecule has 0 saturated heterocycles. The predicted octanol–water partition coefficient (Wildman–Crippen LogP) is 7.19. The molecule has 44 heavy (non-hydrogen) atoms. The minimum absolute atomic E-state index is 0.0272. The zero-order valence-corrected chi connectivity index (χ0v) is 23.5. The lowest BCUT2D eigenvalue weighted by molar-refractivity contribution is -0.143. The first-order chi connectivity index (χ1) is 20.6. The average Bonchev–Trinajstić information content (AvgIpc) is 3.57. The summed E-state index contributed by atoms with van der Waals surface area (Å²) in [5.41, 5.74) is -4.95. The van der Waals surface area contributed by atoms with Gasteiger partial charge in [0.25, 0.3) is 0 Å². The number of carbonyl (C=O) groups is 1. The minimum atomic E-state index is -5.06. The van der Waals surface area contributed by atoms with Crippen LogP contribution in [-0.4, -0.2) is 36.0 Å². The molecule has 0 radical (unpaired) electrons. The van der Waals surface area contributed by atoms with Gasteiger partial charge in [0.1, 0.15) is 17.0 Å². The lowest BCUT2D eigenvalue weighted by Crippen LogP contribution is -2.18. The molecule has 0 fully saturated rings. The Morgan fingerprint density at radius 1 is 0.955 bits per heavy atom. The number of halogens is 7. The number of aliphatic hydroxyl groups is 1. The van der Waals surface area contributed by atoms with Crippen LogP contribution < -0.4 is 0 Å². The summed E-state index contributed by atoms with van der Waals surface area (Å²) in [5.74, 6) is -1.10. The van der Waals surface area contributed by atoms with Gasteiger partial charge in [-0.15, -0.1) is 5.10 Å². The van der Waals surface area contributed by atoms with E-state index < -0.39 is 41.4 Å². The number of benzene rings is 2. The monoisotopic (exact) mass is 635 g/mol. The Kier molecular flexibility index (Phi) is 7.84. The number of aromatic nitrogens is 5. The highest BCUT2D eigenvalue weighted by Crippen LogP contribution is 2.41. The lowest BCUT2D eigenvalue weighted by atomic mass is 9.93. The van der Waals surface area contributed by atoms with E-state index in [2.05, 4.69) is 20.5 Å². The first-order valence-electron chi connectivity index (χ1n) is 12.7. The molecule has 228 valence electrons. The topological polar surface area (TPSA) is 107 Å². The summed E-state index contributed by atoms with van der Waals surface area (Å²) in [7, 11) is 0. The molecule has 0 aliphatic heterocycles. The fourth-order valence-corrected chi connectivity index (χ4v) is 4.74. The smallest absolute Gasteiger partial charge is 0.384 e. The van der Waals surface area contributed by atoms with E-state index in [4.69, 9.17) is 16.1 Å². The minimum Gasteiger partial charge on any atom is -0.384 e. The molecule has 1 N–H and O–H groups in total. The van der Waals surface area contributed by atoms with Crippen LogP contribution in [0.25, 0.3) is 22.5 Å². The molecule has 0 spiro atoms. The molecule has 5 aromatic rings. The summed E-state index contributed by atoms with van der Waals surface area (Å²) in [6.45, 7) is 2.15. The van der Waals surface area contributed by atoms with E-state index in [0.29, 0.717) is 17.7 Å². The Morgan fingerprint density at radius 2 is 1.57 bits per heavy atom. The molecule has 2 aromatic carbocycles. The molecule has 8 nitrogen and oxygen atoms in total. The van der Waals surface area contributed by atoms with Crippen molar-refractivity contribution < 1.29 is 40.8 Å². The number of hydrogen-bond acceptors (Lipinski definition) is 7. The van der Waals surface area contributed by atoms with Gasteiger partial charge in [0.15, 0.2) is 0 Å². The normalized spacial score (nSPS) is 12.5. The molecule has 3 heterocycles. The fourth-order valence-electron chi connectivity index (χ4n) is 4.52. The summed E-state index contributed by atoms with van der Waals surface area (Å²) in [6.07, 6.45) is -7.34. The van der Waals surface area contributed by atoms with Crippen LogP contribution in [0, 0.1) is 0 Å². The van der Waals surface area contributed by atoms with E-state index >= 15 is 0 Å². The van der Waals surface area contributed by atoms with Crippen LogP contribution in [0.1, 0.15) is 52.3 Å². The lowest BCUT2D eigenvalue weighted by Gasteiger charge is -2.16. The Balaban J connectivity index is 1.74. The van der Waals surface area contributed by atoms with Gasteiger partial charge in [-0.05, 0) is 61.9 Å². The van der Waals surface area contributed by atoms with Gasteiger partial charge in [0.05, 0.1) is 34.0 Å². The van der Waals surface area contributed by atoms with Gasteiger partial charge in [-0.2, -0.15) is 26.3 Å². The van der Waals surface area contributed by atoms with Gasteiger partial charge < -0.3 is 9.63 Å². The van der Waals surface area contributed by atoms with Gasteiger partial charge in [-0.1, -0.05) is 34.1 Å². The number of pyridine rings is 1. The molecule has 0 atom stereocenters. The zero-order chi connectivity index (χ0) is 32.0. The Morgan fingerprint density at radius 3 is 2.14 bits per heavy atom. The Bertz CT molecular complexity index is 1810. The van der Waals surface area contributed by atoms with Crippen LogP contribution in [0.2, 0.25) is 5.02 Å². The van der Waals surface area contributed by atoms with Crippen molar-refractivity contribution in [1.82, 2.24) is 25.1 Å². The SMILES string of the molecule is CC(C)(O)c1noc(C(=O)c2ccccc2Cl)c1-c1nnn(Cc2cc(C(F)(F)F)cc(C(F)(F)F)c2)c1-c1ccncc1. The van der Waals surface area contributed by atoms with Crippen LogP contribution in [0.15, 0.2) is 71.5 Å². The predicted molar refractivity (Wildman–Crippen MR) is 144 cm³/mol. The number of alkyl halides is 6. The second-order valence-corrected chi connectivity index (χ2v) is 10.6. The van der Waals surface area contributed by atoms with E-state index in [1.54, 1.807) is 12.1 Å². The van der Waals surface area contributed by atoms with Gasteiger partial charge in [0, 0.05) is 23.5 Å². The third-order valence-electron chi connectivity index (χ3n) is 6.50. The van der Waals surface area contributed by atoms with Crippen molar-refractivity contribution in [3.8, 4) is 22.5 Å². The van der Waals surface area contributed by atoms with Crippen molar-refractivity contribution in [2.45, 2.75) is 38.3 Å². The molecular formula is C29H20ClF6N5O3. The molecule has 0 bridgehead atoms. The second kappa shape index (κ2) is 11.2. The summed E-state index contributed by atoms with van der Waals surface area (Å²) in [5, 5.41) is 23.1. The summed E-state index contributed by atoms with van der Waals surface area (Å²) < 4.78 is 87.9. The fraction of sp³-hybridized carbons (Fsp3) is 0.207. The number of carbonyl (C=O) groups excluding carboxylic acids is 1. The molecule has 0 aliphatic carbocycles. The van der Waals surface area contributed by atoms with Crippen molar-refractivity contribution >= 4 is 17.4 Å². The molecule has 5 rings (SSSR count). The molecule has 0 unspecified atom stereocenters. The molecule has 0 aliphatic rings. The van der Waals surface area contributed by atoms with E-state index in [1.807, 2.05) is 0 Å². The third kappa shape index (κ3) is 6.08. The van der Waals surface area contributed by atoms with Crippen molar-refractivity contribution in [1.29, 1.82) is 0 Å². The van der Waals surface area contributed by atoms with Crippen molar-refractivity contribution in [3.05, 3.63) is 106 Å². The highest BCUT2D eigenvalue weighted by atomic mass is 35.5. The van der Waals surface area contributed by atoms with Crippen LogP contribution in [0.4, 0.5) is 26.3 Å². The quantitative estimate of drug-likeness (QED) is 0.149. The summed E-state index contributed by atoms with van der Waals surface area (Å²) >= 11 is 6.24. The molecule has 0 amide bonds. The van der Waals surface area contributed by atoms with Gasteiger partial charge >= 0.3 is 12.4 Å². The van der Waals surface area contributed by atoms with E-state index in [0.717, 1.165) is 4.68 Å². The van der Waals surface area contributed by atoms with Crippen molar-refractivity contribution in [2.75, 3.05) is 0 Å². The standard InChI is InChI=1S/C29H20ClF6N5O3/c1-27(2,43)26-21(25(44-39-26)24(42)19-5-3-4-6-20(19)30)22-23(16-7-9-37-10-8-16)41(40-38-22)14-15-11-17(28(31,32)33)13-18(12-15)29(34,35)36/h3-13,43H,14H2,1-2H3. The molecule has 0 saturated carbocycles. The summed E-state index contributed by atoms with van der Waals surface area (Å²) in [4.78, 5) is 17.6. The third-order valence-corrected chi connectivity index (χ3v) is 6.83.